The molecule has 12 heteroatoms. The number of carboxylic acids is 1. The average molecular weight is 432 g/mol. The van der Waals surface area contributed by atoms with Gasteiger partial charge in [0.05, 0.1) is 25.1 Å². The lowest BCUT2D eigenvalue weighted by atomic mass is 10.0. The van der Waals surface area contributed by atoms with Gasteiger partial charge < -0.3 is 14.6 Å². The second kappa shape index (κ2) is 8.82. The molecule has 0 aromatic heterocycles. The maximum atomic E-state index is 12.5. The Balaban J connectivity index is 0.000000345. The SMILES string of the molecule is CC(C)N1CCOCC2(C1)CN(S(=O)(=O)C1CC1)CCO2.O=C(O)C(F)(F)F. The number of aliphatic carboxylic acids is 1. The summed E-state index contributed by atoms with van der Waals surface area (Å²) in [5.74, 6) is -2.76. The molecule has 2 saturated heterocycles. The van der Waals surface area contributed by atoms with Crippen LogP contribution in [0, 0.1) is 0 Å². The van der Waals surface area contributed by atoms with Gasteiger partial charge in [-0.3, -0.25) is 4.90 Å². The molecule has 0 radical (unpaired) electrons. The van der Waals surface area contributed by atoms with Gasteiger partial charge in [-0.1, -0.05) is 0 Å². The number of nitrogens with zero attached hydrogens (tertiary/aromatic N) is 2. The molecular formula is C16H27F3N2O6S. The van der Waals surface area contributed by atoms with Gasteiger partial charge in [-0.05, 0) is 26.7 Å². The lowest BCUT2D eigenvalue weighted by molar-refractivity contribution is -0.192. The fraction of sp³-hybridized carbons (Fsp3) is 0.938. The van der Waals surface area contributed by atoms with Gasteiger partial charge >= 0.3 is 12.1 Å². The number of halogens is 3. The van der Waals surface area contributed by atoms with Crippen LogP contribution < -0.4 is 0 Å². The van der Waals surface area contributed by atoms with Gasteiger partial charge in [-0.25, -0.2) is 13.2 Å². The second-order valence-corrected chi connectivity index (χ2v) is 9.74. The fourth-order valence-corrected chi connectivity index (χ4v) is 5.06. The third-order valence-electron chi connectivity index (χ3n) is 4.87. The van der Waals surface area contributed by atoms with Gasteiger partial charge in [0.15, 0.2) is 0 Å². The van der Waals surface area contributed by atoms with E-state index in [1.807, 2.05) is 0 Å². The van der Waals surface area contributed by atoms with E-state index in [1.165, 1.54) is 0 Å². The highest BCUT2D eigenvalue weighted by molar-refractivity contribution is 7.90. The Morgan fingerprint density at radius 2 is 1.79 bits per heavy atom. The smallest absolute Gasteiger partial charge is 0.475 e. The standard InChI is InChI=1S/C14H26N2O4S.C2HF3O2/c1-12(2)15-5-7-19-11-14(9-15)10-16(6-8-20-14)21(17,18)13-3-4-13;3-2(4,5)1(6)7/h12-13H,3-11H2,1-2H3;(H,6,7). The van der Waals surface area contributed by atoms with Crippen LogP contribution in [0.1, 0.15) is 26.7 Å². The molecule has 0 bridgehead atoms. The molecule has 1 unspecified atom stereocenters. The summed E-state index contributed by atoms with van der Waals surface area (Å²) in [4.78, 5) is 11.2. The number of hydrogen-bond acceptors (Lipinski definition) is 6. The third kappa shape index (κ3) is 6.02. The zero-order valence-corrected chi connectivity index (χ0v) is 16.8. The van der Waals surface area contributed by atoms with Crippen molar-refractivity contribution in [3.63, 3.8) is 0 Å². The monoisotopic (exact) mass is 432 g/mol. The van der Waals surface area contributed by atoms with E-state index in [9.17, 15) is 21.6 Å². The van der Waals surface area contributed by atoms with E-state index in [0.717, 1.165) is 25.9 Å². The first-order valence-corrected chi connectivity index (χ1v) is 10.6. The van der Waals surface area contributed by atoms with Gasteiger partial charge in [-0.2, -0.15) is 17.5 Å². The van der Waals surface area contributed by atoms with Crippen LogP contribution in [0.4, 0.5) is 13.2 Å². The van der Waals surface area contributed by atoms with Gasteiger partial charge in [0.1, 0.15) is 5.60 Å². The molecule has 0 aromatic carbocycles. The summed E-state index contributed by atoms with van der Waals surface area (Å²) in [5.41, 5.74) is -0.513. The highest BCUT2D eigenvalue weighted by Gasteiger charge is 2.47. The molecule has 3 aliphatic rings. The van der Waals surface area contributed by atoms with E-state index in [2.05, 4.69) is 18.7 Å². The van der Waals surface area contributed by atoms with Crippen molar-refractivity contribution in [2.75, 3.05) is 46.0 Å². The first-order chi connectivity index (χ1) is 12.9. The van der Waals surface area contributed by atoms with Gasteiger partial charge in [-0.15, -0.1) is 0 Å². The van der Waals surface area contributed by atoms with E-state index in [-0.39, 0.29) is 5.25 Å². The minimum atomic E-state index is -5.08. The highest BCUT2D eigenvalue weighted by Crippen LogP contribution is 2.34. The largest absolute Gasteiger partial charge is 0.490 e. The molecule has 0 aromatic rings. The third-order valence-corrected chi connectivity index (χ3v) is 7.22. The number of hydrogen-bond donors (Lipinski definition) is 1. The summed E-state index contributed by atoms with van der Waals surface area (Å²) in [6.07, 6.45) is -3.47. The molecular weight excluding hydrogens is 405 g/mol. The van der Waals surface area contributed by atoms with Crippen molar-refractivity contribution in [3.8, 4) is 0 Å². The summed E-state index contributed by atoms with van der Waals surface area (Å²) in [6, 6.07) is 0.405. The van der Waals surface area contributed by atoms with Crippen molar-refractivity contribution < 1.29 is 41.0 Å². The quantitative estimate of drug-likeness (QED) is 0.709. The Kier molecular flexibility index (Phi) is 7.35. The maximum absolute atomic E-state index is 12.5. The molecule has 8 nitrogen and oxygen atoms in total. The van der Waals surface area contributed by atoms with Crippen LogP contribution in [0.2, 0.25) is 0 Å². The molecule has 1 aliphatic carbocycles. The second-order valence-electron chi connectivity index (χ2n) is 7.53. The highest BCUT2D eigenvalue weighted by atomic mass is 32.2. The normalized spacial score (nSPS) is 27.9. The van der Waals surface area contributed by atoms with Crippen LogP contribution >= 0.6 is 0 Å². The summed E-state index contributed by atoms with van der Waals surface area (Å²) in [5, 5.41) is 6.97. The van der Waals surface area contributed by atoms with E-state index >= 15 is 0 Å². The molecule has 1 spiro atoms. The van der Waals surface area contributed by atoms with Crippen molar-refractivity contribution in [2.24, 2.45) is 0 Å². The minimum absolute atomic E-state index is 0.152. The van der Waals surface area contributed by atoms with Crippen LogP contribution in [-0.2, 0) is 24.3 Å². The average Bonchev–Trinajstić information content (AvgIpc) is 3.42. The molecule has 1 atom stereocenters. The van der Waals surface area contributed by atoms with Crippen LogP contribution in [0.5, 0.6) is 0 Å². The van der Waals surface area contributed by atoms with Crippen LogP contribution in [-0.4, -0.2) is 97.8 Å². The van der Waals surface area contributed by atoms with Crippen molar-refractivity contribution in [1.29, 1.82) is 0 Å². The predicted molar refractivity (Wildman–Crippen MR) is 93.4 cm³/mol. The van der Waals surface area contributed by atoms with Gasteiger partial charge in [0.25, 0.3) is 0 Å². The number of alkyl halides is 3. The minimum Gasteiger partial charge on any atom is -0.475 e. The lowest BCUT2D eigenvalue weighted by Gasteiger charge is -2.43. The Hall–Kier alpha value is -0.950. The Bertz CT molecular complexity index is 653. The van der Waals surface area contributed by atoms with E-state index in [0.29, 0.717) is 39.0 Å². The topological polar surface area (TPSA) is 96.4 Å². The molecule has 2 heterocycles. The van der Waals surface area contributed by atoms with Crippen molar-refractivity contribution in [2.45, 2.75) is 49.8 Å². The maximum Gasteiger partial charge on any atom is 0.490 e. The van der Waals surface area contributed by atoms with Crippen molar-refractivity contribution >= 4 is 16.0 Å². The molecule has 28 heavy (non-hydrogen) atoms. The summed E-state index contributed by atoms with van der Waals surface area (Å²) in [7, 11) is -3.13. The number of morpholine rings is 1. The predicted octanol–water partition coefficient (Wildman–Crippen LogP) is 0.924. The van der Waals surface area contributed by atoms with Crippen molar-refractivity contribution in [1.82, 2.24) is 9.21 Å². The number of rotatable bonds is 3. The lowest BCUT2D eigenvalue weighted by Crippen LogP contribution is -2.60. The Labute approximate surface area is 162 Å². The summed E-state index contributed by atoms with van der Waals surface area (Å²) >= 11 is 0. The number of sulfonamides is 1. The zero-order valence-electron chi connectivity index (χ0n) is 15.9. The van der Waals surface area contributed by atoms with E-state index < -0.39 is 27.8 Å². The van der Waals surface area contributed by atoms with Crippen LogP contribution in [0.3, 0.4) is 0 Å². The zero-order chi connectivity index (χ0) is 21.2. The van der Waals surface area contributed by atoms with E-state index in [4.69, 9.17) is 19.4 Å². The molecule has 3 fully saturated rings. The first kappa shape index (κ1) is 23.3. The number of carbonyl (C=O) groups is 1. The first-order valence-electron chi connectivity index (χ1n) is 9.12. The molecule has 3 rings (SSSR count). The van der Waals surface area contributed by atoms with Crippen LogP contribution in [0.25, 0.3) is 0 Å². The van der Waals surface area contributed by atoms with Gasteiger partial charge in [0.2, 0.25) is 10.0 Å². The molecule has 2 aliphatic heterocycles. The Morgan fingerprint density at radius 1 is 1.18 bits per heavy atom. The molecule has 0 amide bonds. The molecule has 164 valence electrons. The molecule has 1 N–H and O–H groups in total. The Morgan fingerprint density at radius 3 is 2.29 bits per heavy atom. The van der Waals surface area contributed by atoms with Gasteiger partial charge in [0, 0.05) is 32.2 Å². The fourth-order valence-electron chi connectivity index (χ4n) is 3.16. The molecule has 1 saturated carbocycles. The van der Waals surface area contributed by atoms with E-state index in [1.54, 1.807) is 4.31 Å². The van der Waals surface area contributed by atoms with Crippen LogP contribution in [0.15, 0.2) is 0 Å². The number of ether oxygens (including phenoxy) is 2. The summed E-state index contributed by atoms with van der Waals surface area (Å²) < 4.78 is 70.1. The summed E-state index contributed by atoms with van der Waals surface area (Å²) in [6.45, 7) is 8.44. The van der Waals surface area contributed by atoms with Crippen molar-refractivity contribution in [3.05, 3.63) is 0 Å². The number of carboxylic acid groups (broad SMARTS) is 1.